The summed E-state index contributed by atoms with van der Waals surface area (Å²) >= 11 is 0. The van der Waals surface area contributed by atoms with Crippen molar-refractivity contribution < 1.29 is 19.4 Å². The molecule has 134 valence electrons. The van der Waals surface area contributed by atoms with Crippen LogP contribution in [0.5, 0.6) is 11.5 Å². The molecule has 0 saturated heterocycles. The highest BCUT2D eigenvalue weighted by molar-refractivity contribution is 5.74. The molecule has 0 fully saturated rings. The number of benzene rings is 1. The number of aromatic nitrogens is 1. The molecule has 2 aromatic rings. The Bertz CT molecular complexity index is 694. The van der Waals surface area contributed by atoms with Crippen molar-refractivity contribution in [1.29, 1.82) is 0 Å². The van der Waals surface area contributed by atoms with Gasteiger partial charge in [-0.3, -0.25) is 4.98 Å². The number of hydrogen-bond acceptors (Lipinski definition) is 5. The maximum absolute atomic E-state index is 12.0. The lowest BCUT2D eigenvalue weighted by Gasteiger charge is -2.18. The molecule has 0 aliphatic rings. The first-order chi connectivity index (χ1) is 12.0. The zero-order valence-electron chi connectivity index (χ0n) is 14.5. The fraction of sp³-hybridized carbons (Fsp3) is 0.333. The third-order valence-corrected chi connectivity index (χ3v) is 3.73. The number of methoxy groups -OCH3 is 2. The summed E-state index contributed by atoms with van der Waals surface area (Å²) in [6.45, 7) is 1.87. The maximum atomic E-state index is 12.0. The van der Waals surface area contributed by atoms with Crippen molar-refractivity contribution in [2.24, 2.45) is 0 Å². The Hall–Kier alpha value is -2.80. The molecule has 0 unspecified atom stereocenters. The Morgan fingerprint density at radius 1 is 1.24 bits per heavy atom. The molecule has 3 N–H and O–H groups in total. The summed E-state index contributed by atoms with van der Waals surface area (Å²) in [6, 6.07) is 10.00. The molecule has 7 nitrogen and oxygen atoms in total. The van der Waals surface area contributed by atoms with Crippen LogP contribution >= 0.6 is 0 Å². The summed E-state index contributed by atoms with van der Waals surface area (Å²) in [4.78, 5) is 16.2. The standard InChI is InChI=1S/C18H23N3O4/c1-12(15-6-4-5-9-19-15)21-18(23)20-11-16(22)14-10-13(24-2)7-8-17(14)25-3/h4-10,12,16,22H,11H2,1-3H3,(H2,20,21,23)/t12-,16+/m1/s1. The van der Waals surface area contributed by atoms with Crippen molar-refractivity contribution in [3.63, 3.8) is 0 Å². The van der Waals surface area contributed by atoms with Gasteiger partial charge in [-0.25, -0.2) is 4.79 Å². The third-order valence-electron chi connectivity index (χ3n) is 3.73. The summed E-state index contributed by atoms with van der Waals surface area (Å²) in [5.41, 5.74) is 1.30. The van der Waals surface area contributed by atoms with Crippen molar-refractivity contribution in [2.45, 2.75) is 19.1 Å². The number of hydrogen-bond donors (Lipinski definition) is 3. The lowest BCUT2D eigenvalue weighted by molar-refractivity contribution is 0.168. The molecule has 0 aliphatic carbocycles. The van der Waals surface area contributed by atoms with Gasteiger partial charge in [0.15, 0.2) is 0 Å². The third kappa shape index (κ3) is 5.09. The molecule has 0 radical (unpaired) electrons. The second-order valence-corrected chi connectivity index (χ2v) is 5.45. The van der Waals surface area contributed by atoms with Crippen molar-refractivity contribution in [3.8, 4) is 11.5 Å². The Kier molecular flexibility index (Phi) is 6.59. The number of aliphatic hydroxyl groups is 1. The summed E-state index contributed by atoms with van der Waals surface area (Å²) < 4.78 is 10.4. The molecule has 25 heavy (non-hydrogen) atoms. The molecule has 2 atom stereocenters. The number of urea groups is 1. The number of carbonyl (C=O) groups excluding carboxylic acids is 1. The number of amides is 2. The number of rotatable bonds is 7. The van der Waals surface area contributed by atoms with Crippen LogP contribution in [-0.4, -0.2) is 36.9 Å². The van der Waals surface area contributed by atoms with Crippen molar-refractivity contribution in [2.75, 3.05) is 20.8 Å². The fourth-order valence-corrected chi connectivity index (χ4v) is 2.35. The van der Waals surface area contributed by atoms with Gasteiger partial charge < -0.3 is 25.2 Å². The van der Waals surface area contributed by atoms with Crippen molar-refractivity contribution in [1.82, 2.24) is 15.6 Å². The van der Waals surface area contributed by atoms with Crippen molar-refractivity contribution in [3.05, 3.63) is 53.9 Å². The highest BCUT2D eigenvalue weighted by atomic mass is 16.5. The largest absolute Gasteiger partial charge is 0.497 e. The monoisotopic (exact) mass is 345 g/mol. The fourth-order valence-electron chi connectivity index (χ4n) is 2.35. The normalized spacial score (nSPS) is 12.8. The van der Waals surface area contributed by atoms with Gasteiger partial charge in [-0.15, -0.1) is 0 Å². The number of aliphatic hydroxyl groups excluding tert-OH is 1. The minimum atomic E-state index is -0.930. The van der Waals surface area contributed by atoms with E-state index in [2.05, 4.69) is 15.6 Å². The van der Waals surface area contributed by atoms with Gasteiger partial charge >= 0.3 is 6.03 Å². The van der Waals surface area contributed by atoms with Crippen LogP contribution in [0.15, 0.2) is 42.6 Å². The van der Waals surface area contributed by atoms with E-state index in [9.17, 15) is 9.90 Å². The van der Waals surface area contributed by atoms with Crippen LogP contribution in [-0.2, 0) is 0 Å². The van der Waals surface area contributed by atoms with E-state index in [0.717, 1.165) is 5.69 Å². The van der Waals surface area contributed by atoms with Crippen LogP contribution in [0.3, 0.4) is 0 Å². The lowest BCUT2D eigenvalue weighted by atomic mass is 10.1. The van der Waals surface area contributed by atoms with Gasteiger partial charge in [0, 0.05) is 18.3 Å². The van der Waals surface area contributed by atoms with Gasteiger partial charge in [0.25, 0.3) is 0 Å². The molecule has 1 aromatic heterocycles. The topological polar surface area (TPSA) is 92.7 Å². The van der Waals surface area contributed by atoms with E-state index in [1.165, 1.54) is 7.11 Å². The molecule has 0 saturated carbocycles. The van der Waals surface area contributed by atoms with E-state index in [0.29, 0.717) is 17.1 Å². The zero-order chi connectivity index (χ0) is 18.2. The molecular formula is C18H23N3O4. The van der Waals surface area contributed by atoms with E-state index in [-0.39, 0.29) is 18.6 Å². The Morgan fingerprint density at radius 3 is 2.68 bits per heavy atom. The van der Waals surface area contributed by atoms with Gasteiger partial charge in [0.1, 0.15) is 17.6 Å². The molecule has 7 heteroatoms. The van der Waals surface area contributed by atoms with E-state index < -0.39 is 6.10 Å². The zero-order valence-corrected chi connectivity index (χ0v) is 14.5. The van der Waals surface area contributed by atoms with Crippen LogP contribution in [0.25, 0.3) is 0 Å². The molecular weight excluding hydrogens is 322 g/mol. The number of carbonyl (C=O) groups is 1. The van der Waals surface area contributed by atoms with Crippen LogP contribution in [0, 0.1) is 0 Å². The summed E-state index contributed by atoms with van der Waals surface area (Å²) in [5.74, 6) is 1.13. The summed E-state index contributed by atoms with van der Waals surface area (Å²) in [7, 11) is 3.06. The van der Waals surface area contributed by atoms with E-state index >= 15 is 0 Å². The first-order valence-corrected chi connectivity index (χ1v) is 7.90. The number of ether oxygens (including phenoxy) is 2. The van der Waals surface area contributed by atoms with E-state index in [1.807, 2.05) is 25.1 Å². The number of nitrogens with one attached hydrogen (secondary N) is 2. The SMILES string of the molecule is COc1ccc(OC)c([C@@H](O)CNC(=O)N[C@H](C)c2ccccn2)c1. The molecule has 2 rings (SSSR count). The van der Waals surface area contributed by atoms with Gasteiger partial charge in [0.2, 0.25) is 0 Å². The van der Waals surface area contributed by atoms with Crippen LogP contribution in [0.2, 0.25) is 0 Å². The van der Waals surface area contributed by atoms with Gasteiger partial charge in [-0.2, -0.15) is 0 Å². The number of pyridine rings is 1. The summed E-state index contributed by atoms with van der Waals surface area (Å²) in [6.07, 6.45) is 0.741. The maximum Gasteiger partial charge on any atom is 0.315 e. The Morgan fingerprint density at radius 2 is 2.04 bits per heavy atom. The lowest BCUT2D eigenvalue weighted by Crippen LogP contribution is -2.39. The minimum absolute atomic E-state index is 0.0320. The average molecular weight is 345 g/mol. The first-order valence-electron chi connectivity index (χ1n) is 7.90. The quantitative estimate of drug-likeness (QED) is 0.715. The molecule has 0 spiro atoms. The predicted octanol–water partition coefficient (Wildman–Crippen LogP) is 2.19. The van der Waals surface area contributed by atoms with Crippen LogP contribution in [0.1, 0.15) is 30.3 Å². The van der Waals surface area contributed by atoms with Crippen LogP contribution in [0.4, 0.5) is 4.79 Å². The predicted molar refractivity (Wildman–Crippen MR) is 93.7 cm³/mol. The second-order valence-electron chi connectivity index (χ2n) is 5.45. The minimum Gasteiger partial charge on any atom is -0.497 e. The van der Waals surface area contributed by atoms with Gasteiger partial charge in [-0.1, -0.05) is 6.07 Å². The van der Waals surface area contributed by atoms with E-state index in [4.69, 9.17) is 9.47 Å². The Labute approximate surface area is 147 Å². The molecule has 0 aliphatic heterocycles. The molecule has 1 heterocycles. The number of nitrogens with zero attached hydrogens (tertiary/aromatic N) is 1. The molecule has 0 bridgehead atoms. The smallest absolute Gasteiger partial charge is 0.315 e. The Balaban J connectivity index is 1.93. The van der Waals surface area contributed by atoms with Crippen molar-refractivity contribution >= 4 is 6.03 Å². The van der Waals surface area contributed by atoms with E-state index in [1.54, 1.807) is 31.5 Å². The average Bonchev–Trinajstić information content (AvgIpc) is 2.66. The highest BCUT2D eigenvalue weighted by Gasteiger charge is 2.16. The van der Waals surface area contributed by atoms with Crippen LogP contribution < -0.4 is 20.1 Å². The van der Waals surface area contributed by atoms with Gasteiger partial charge in [0.05, 0.1) is 26.0 Å². The summed E-state index contributed by atoms with van der Waals surface area (Å²) in [5, 5.41) is 15.8. The molecule has 2 amide bonds. The molecule has 1 aromatic carbocycles. The van der Waals surface area contributed by atoms with Gasteiger partial charge in [-0.05, 0) is 37.3 Å². The highest BCUT2D eigenvalue weighted by Crippen LogP contribution is 2.29. The second kappa shape index (κ2) is 8.89. The first kappa shape index (κ1) is 18.5.